The molecule has 0 amide bonds. The van der Waals surface area contributed by atoms with E-state index in [-0.39, 0.29) is 55.3 Å². The fourth-order valence-electron chi connectivity index (χ4n) is 7.21. The minimum absolute atomic E-state index is 0. The van der Waals surface area contributed by atoms with Crippen molar-refractivity contribution in [3.05, 3.63) is 114 Å². The zero-order valence-electron chi connectivity index (χ0n) is 34.4. The van der Waals surface area contributed by atoms with Crippen molar-refractivity contribution in [1.29, 1.82) is 0 Å². The molecule has 4 aromatic heterocycles. The second-order valence-corrected chi connectivity index (χ2v) is 16.9. The number of pyridine rings is 2. The molecule has 0 radical (unpaired) electrons. The number of rotatable bonds is 12. The van der Waals surface area contributed by atoms with Crippen molar-refractivity contribution >= 4 is 34.0 Å². The Balaban J connectivity index is 0.000000252. The predicted octanol–water partition coefficient (Wildman–Crippen LogP) is 7.80. The van der Waals surface area contributed by atoms with Crippen LogP contribution < -0.4 is 5.32 Å². The number of halogens is 10. The molecule has 2 fully saturated rings. The standard InChI is InChI=1S/C24H21F5N4O3S.C18H18F4N4O.ClH/c1-14-10-15(16-12-30-23(31-13-16)24(27,28)29)11-18(32-14)4-7-21(34)22-20(26)8-9-33(22)37(35,36)19-5-2-17(25)3-6-19;1-10-6-11(12-8-24-17(25-9-12)18(20,21)22)7-13(26-10)2-3-15(27)16-14(19)4-5-23-16;/h2-3,5-6,10-13,20,22H,4,7-9H2,1H3;6-9,14,16,23H,2-5H2,1H3;1H/t20-,22-;14-,16-;/m00./s1. The summed E-state index contributed by atoms with van der Waals surface area (Å²) in [6.45, 7) is 3.69. The molecular formula is C42H40ClF9N8O4S. The maximum atomic E-state index is 14.7. The molecule has 7 rings (SSSR count). The Morgan fingerprint density at radius 1 is 0.692 bits per heavy atom. The lowest BCUT2D eigenvalue weighted by Crippen LogP contribution is -2.44. The molecule has 5 aromatic rings. The third-order valence-electron chi connectivity index (χ3n) is 10.3. The first-order valence-corrected chi connectivity index (χ1v) is 21.1. The van der Waals surface area contributed by atoms with Gasteiger partial charge in [0.2, 0.25) is 21.7 Å². The van der Waals surface area contributed by atoms with Crippen molar-refractivity contribution < 1.29 is 57.5 Å². The highest BCUT2D eigenvalue weighted by molar-refractivity contribution is 7.89. The van der Waals surface area contributed by atoms with Crippen LogP contribution in [-0.2, 0) is 44.8 Å². The molecule has 0 bridgehead atoms. The molecule has 0 spiro atoms. The highest BCUT2D eigenvalue weighted by Gasteiger charge is 2.45. The van der Waals surface area contributed by atoms with Gasteiger partial charge in [0.15, 0.2) is 11.6 Å². The highest BCUT2D eigenvalue weighted by atomic mass is 35.5. The molecule has 348 valence electrons. The van der Waals surface area contributed by atoms with Crippen LogP contribution in [0.5, 0.6) is 0 Å². The average Bonchev–Trinajstić information content (AvgIpc) is 3.87. The Labute approximate surface area is 373 Å². The number of nitrogens with zero attached hydrogens (tertiary/aromatic N) is 7. The molecule has 6 heterocycles. The number of sulfonamides is 1. The largest absolute Gasteiger partial charge is 0.451 e. The minimum atomic E-state index is -4.68. The van der Waals surface area contributed by atoms with Crippen LogP contribution in [0.2, 0.25) is 0 Å². The Morgan fingerprint density at radius 3 is 1.58 bits per heavy atom. The van der Waals surface area contributed by atoms with E-state index >= 15 is 0 Å². The van der Waals surface area contributed by atoms with Gasteiger partial charge in [0.05, 0.1) is 10.9 Å². The summed E-state index contributed by atoms with van der Waals surface area (Å²) in [7, 11) is -4.23. The fourth-order valence-corrected chi connectivity index (χ4v) is 8.85. The van der Waals surface area contributed by atoms with Crippen LogP contribution >= 0.6 is 12.4 Å². The quantitative estimate of drug-likeness (QED) is 0.122. The van der Waals surface area contributed by atoms with Crippen molar-refractivity contribution in [1.82, 2.24) is 39.5 Å². The monoisotopic (exact) mass is 958 g/mol. The van der Waals surface area contributed by atoms with E-state index in [0.717, 1.165) is 53.4 Å². The smallest absolute Gasteiger partial charge is 0.305 e. The molecule has 0 aliphatic carbocycles. The molecule has 2 aliphatic heterocycles. The Hall–Kier alpha value is -5.45. The summed E-state index contributed by atoms with van der Waals surface area (Å²) in [5, 5.41) is 2.86. The second kappa shape index (κ2) is 20.8. The van der Waals surface area contributed by atoms with E-state index in [1.54, 1.807) is 38.1 Å². The zero-order valence-corrected chi connectivity index (χ0v) is 36.0. The molecule has 2 aliphatic rings. The van der Waals surface area contributed by atoms with Gasteiger partial charge in [-0.3, -0.25) is 19.6 Å². The van der Waals surface area contributed by atoms with Gasteiger partial charge in [-0.1, -0.05) is 0 Å². The van der Waals surface area contributed by atoms with E-state index in [1.165, 1.54) is 0 Å². The van der Waals surface area contributed by atoms with Crippen LogP contribution in [0.1, 0.15) is 60.1 Å². The van der Waals surface area contributed by atoms with Crippen molar-refractivity contribution in [2.45, 2.75) is 94.0 Å². The molecule has 0 unspecified atom stereocenters. The highest BCUT2D eigenvalue weighted by Crippen LogP contribution is 2.32. The molecule has 12 nitrogen and oxygen atoms in total. The number of aromatic nitrogens is 6. The molecule has 23 heteroatoms. The van der Waals surface area contributed by atoms with Gasteiger partial charge in [0.1, 0.15) is 24.2 Å². The summed E-state index contributed by atoms with van der Waals surface area (Å²) in [4.78, 5) is 47.0. The van der Waals surface area contributed by atoms with E-state index in [4.69, 9.17) is 0 Å². The number of carbonyl (C=O) groups is 2. The first-order chi connectivity index (χ1) is 30.1. The fraction of sp³-hybridized carbons (Fsp3) is 0.381. The van der Waals surface area contributed by atoms with Crippen molar-refractivity contribution in [2.24, 2.45) is 0 Å². The van der Waals surface area contributed by atoms with E-state index < -0.39 is 70.1 Å². The summed E-state index contributed by atoms with van der Waals surface area (Å²) in [6.07, 6.45) is -7.41. The summed E-state index contributed by atoms with van der Waals surface area (Å²) in [6, 6.07) is 8.31. The molecule has 0 saturated carbocycles. The van der Waals surface area contributed by atoms with Crippen LogP contribution in [0.25, 0.3) is 22.3 Å². The number of benzene rings is 1. The maximum absolute atomic E-state index is 14.7. The number of carbonyl (C=O) groups excluding carboxylic acids is 2. The number of hydrogen-bond donors (Lipinski definition) is 1. The van der Waals surface area contributed by atoms with Crippen LogP contribution in [0.15, 0.2) is 78.2 Å². The lowest BCUT2D eigenvalue weighted by molar-refractivity contribution is -0.145. The molecule has 65 heavy (non-hydrogen) atoms. The van der Waals surface area contributed by atoms with Gasteiger partial charge in [-0.2, -0.15) is 30.6 Å². The van der Waals surface area contributed by atoms with Gasteiger partial charge in [-0.05, 0) is 106 Å². The summed E-state index contributed by atoms with van der Waals surface area (Å²) in [5.41, 5.74) is 4.00. The van der Waals surface area contributed by atoms with Crippen LogP contribution in [0.4, 0.5) is 39.5 Å². The second-order valence-electron chi connectivity index (χ2n) is 15.1. The number of hydrogen-bond acceptors (Lipinski definition) is 11. The van der Waals surface area contributed by atoms with Gasteiger partial charge in [0.25, 0.3) is 0 Å². The maximum Gasteiger partial charge on any atom is 0.451 e. The number of Topliss-reactive ketones (excluding diaryl/α,β-unsaturated/α-hetero) is 2. The summed E-state index contributed by atoms with van der Waals surface area (Å²) >= 11 is 0. The minimum Gasteiger partial charge on any atom is -0.305 e. The Kier molecular flexibility index (Phi) is 16.2. The summed E-state index contributed by atoms with van der Waals surface area (Å²) < 4.78 is 144. The topological polar surface area (TPSA) is 161 Å². The van der Waals surface area contributed by atoms with Gasteiger partial charge in [0, 0.05) is 78.1 Å². The SMILES string of the molecule is Cc1cc(-c2cnc(C(F)(F)F)nc2)cc(CCC(=O)[C@@H]2[C@@H](F)CCN2S(=O)(=O)c2ccc(F)cc2)n1.Cc1cc(-c2cnc(C(F)(F)F)nc2)cc(CCC(=O)[C@H]2NCC[C@@H]2F)n1.Cl. The lowest BCUT2D eigenvalue weighted by Gasteiger charge is -2.24. The number of alkyl halides is 8. The van der Waals surface area contributed by atoms with E-state index in [1.807, 2.05) is 0 Å². The van der Waals surface area contributed by atoms with E-state index in [0.29, 0.717) is 64.4 Å². The average molecular weight is 959 g/mol. The number of ketones is 2. The van der Waals surface area contributed by atoms with Crippen molar-refractivity contribution in [3.8, 4) is 22.3 Å². The molecule has 1 N–H and O–H groups in total. The van der Waals surface area contributed by atoms with E-state index in [9.17, 15) is 57.5 Å². The normalized spacial score (nSPS) is 19.0. The lowest BCUT2D eigenvalue weighted by atomic mass is 10.0. The molecular weight excluding hydrogens is 919 g/mol. The van der Waals surface area contributed by atoms with Crippen LogP contribution in [-0.4, -0.2) is 91.7 Å². The van der Waals surface area contributed by atoms with E-state index in [2.05, 4.69) is 35.2 Å². The molecule has 1 aromatic carbocycles. The van der Waals surface area contributed by atoms with Gasteiger partial charge < -0.3 is 5.32 Å². The first-order valence-electron chi connectivity index (χ1n) is 19.7. The third kappa shape index (κ3) is 12.7. The number of aryl methyl sites for hydroxylation is 4. The van der Waals surface area contributed by atoms with Crippen molar-refractivity contribution in [3.63, 3.8) is 0 Å². The van der Waals surface area contributed by atoms with Crippen molar-refractivity contribution in [2.75, 3.05) is 13.1 Å². The van der Waals surface area contributed by atoms with Crippen LogP contribution in [0, 0.1) is 19.7 Å². The van der Waals surface area contributed by atoms with Gasteiger partial charge in [-0.25, -0.2) is 41.5 Å². The zero-order chi connectivity index (χ0) is 46.6. The molecule has 4 atom stereocenters. The number of nitrogens with one attached hydrogen (secondary N) is 1. The Bertz CT molecular complexity index is 2570. The van der Waals surface area contributed by atoms with Gasteiger partial charge in [-0.15, -0.1) is 12.4 Å². The summed E-state index contributed by atoms with van der Waals surface area (Å²) in [5.74, 6) is -3.96. The van der Waals surface area contributed by atoms with Gasteiger partial charge >= 0.3 is 12.4 Å². The Morgan fingerprint density at radius 2 is 1.15 bits per heavy atom. The first kappa shape index (κ1) is 50.5. The predicted molar refractivity (Wildman–Crippen MR) is 219 cm³/mol. The third-order valence-corrected chi connectivity index (χ3v) is 12.2. The van der Waals surface area contributed by atoms with Crippen LogP contribution in [0.3, 0.4) is 0 Å². The molecule has 2 saturated heterocycles.